The van der Waals surface area contributed by atoms with Gasteiger partial charge in [-0.1, -0.05) is 13.3 Å². The maximum absolute atomic E-state index is 11.6. The molecule has 0 radical (unpaired) electrons. The van der Waals surface area contributed by atoms with E-state index in [1.807, 2.05) is 6.92 Å². The lowest BCUT2D eigenvalue weighted by Gasteiger charge is -2.12. The van der Waals surface area contributed by atoms with E-state index < -0.39 is 6.67 Å². The van der Waals surface area contributed by atoms with Crippen molar-refractivity contribution in [3.05, 3.63) is 0 Å². The Kier molecular flexibility index (Phi) is 6.42. The molecule has 1 unspecified atom stereocenters. The predicted octanol–water partition coefficient (Wildman–Crippen LogP) is 1.05. The second-order valence-electron chi connectivity index (χ2n) is 2.79. The first kappa shape index (κ1) is 11.2. The molecule has 4 heteroatoms. The molecule has 0 spiro atoms. The van der Waals surface area contributed by atoms with Gasteiger partial charge in [0.15, 0.2) is 5.96 Å². The number of nitrogens with one attached hydrogen (secondary N) is 1. The van der Waals surface area contributed by atoms with E-state index in [0.29, 0.717) is 12.0 Å². The molecular weight excluding hydrogens is 157 g/mol. The van der Waals surface area contributed by atoms with Gasteiger partial charge in [0.05, 0.1) is 6.54 Å². The molecule has 72 valence electrons. The highest BCUT2D eigenvalue weighted by Gasteiger charge is 1.99. The number of rotatable bonds is 5. The second kappa shape index (κ2) is 6.88. The highest BCUT2D eigenvalue weighted by molar-refractivity contribution is 5.78. The van der Waals surface area contributed by atoms with Crippen molar-refractivity contribution in [2.24, 2.45) is 10.7 Å². The molecule has 0 bridgehead atoms. The largest absolute Gasteiger partial charge is 0.370 e. The van der Waals surface area contributed by atoms with Gasteiger partial charge in [0.2, 0.25) is 0 Å². The molecule has 0 saturated heterocycles. The van der Waals surface area contributed by atoms with Crippen molar-refractivity contribution in [3.8, 4) is 0 Å². The lowest BCUT2D eigenvalue weighted by molar-refractivity contribution is 0.503. The molecule has 0 rings (SSSR count). The molecule has 0 aromatic rings. The molecule has 12 heavy (non-hydrogen) atoms. The van der Waals surface area contributed by atoms with Crippen molar-refractivity contribution in [2.75, 3.05) is 13.2 Å². The molecule has 0 aromatic heterocycles. The van der Waals surface area contributed by atoms with Gasteiger partial charge in [-0.2, -0.15) is 0 Å². The van der Waals surface area contributed by atoms with Gasteiger partial charge >= 0.3 is 0 Å². The normalized spacial score (nSPS) is 14.4. The maximum atomic E-state index is 11.6. The first-order valence-corrected chi connectivity index (χ1v) is 4.33. The molecule has 0 amide bonds. The van der Waals surface area contributed by atoms with Gasteiger partial charge in [-0.3, -0.25) is 4.99 Å². The fourth-order valence-corrected chi connectivity index (χ4v) is 0.966. The number of hydrogen-bond donors (Lipinski definition) is 2. The number of alkyl halides is 1. The van der Waals surface area contributed by atoms with E-state index in [1.165, 1.54) is 0 Å². The number of nitrogens with two attached hydrogens (primary N) is 1. The molecule has 0 aliphatic rings. The monoisotopic (exact) mass is 175 g/mol. The van der Waals surface area contributed by atoms with Crippen LogP contribution >= 0.6 is 0 Å². The zero-order valence-corrected chi connectivity index (χ0v) is 7.81. The molecule has 0 saturated carbocycles. The third-order valence-electron chi connectivity index (χ3n) is 1.48. The smallest absolute Gasteiger partial charge is 0.188 e. The number of aliphatic imine (C=N–C) groups is 1. The average molecular weight is 175 g/mol. The van der Waals surface area contributed by atoms with Crippen molar-refractivity contribution in [3.63, 3.8) is 0 Å². The fourth-order valence-electron chi connectivity index (χ4n) is 0.966. The topological polar surface area (TPSA) is 50.4 Å². The maximum Gasteiger partial charge on any atom is 0.188 e. The summed E-state index contributed by atoms with van der Waals surface area (Å²) < 4.78 is 11.6. The highest BCUT2D eigenvalue weighted by Crippen LogP contribution is 1.93. The van der Waals surface area contributed by atoms with E-state index in [-0.39, 0.29) is 6.54 Å². The Bertz CT molecular complexity index is 136. The van der Waals surface area contributed by atoms with Crippen LogP contribution in [-0.4, -0.2) is 25.2 Å². The van der Waals surface area contributed by atoms with Crippen LogP contribution in [0.25, 0.3) is 0 Å². The van der Waals surface area contributed by atoms with Crippen LogP contribution in [0.15, 0.2) is 4.99 Å². The van der Waals surface area contributed by atoms with Gasteiger partial charge in [-0.05, 0) is 13.3 Å². The summed E-state index contributed by atoms with van der Waals surface area (Å²) in [7, 11) is 0. The summed E-state index contributed by atoms with van der Waals surface area (Å²) in [4.78, 5) is 3.77. The Morgan fingerprint density at radius 2 is 2.33 bits per heavy atom. The summed E-state index contributed by atoms with van der Waals surface area (Å²) in [5.74, 6) is 0.341. The molecule has 0 aliphatic heterocycles. The van der Waals surface area contributed by atoms with E-state index >= 15 is 0 Å². The Hall–Kier alpha value is -0.800. The minimum absolute atomic E-state index is 0.150. The molecule has 0 aromatic carbocycles. The van der Waals surface area contributed by atoms with Gasteiger partial charge in [0.25, 0.3) is 0 Å². The lowest BCUT2D eigenvalue weighted by atomic mass is 10.2. The standard InChI is InChI=1S/C8H18FN3/c1-3-4-7(2)12-8(10)11-6-5-9/h7H,3-6H2,1-2H3,(H3,10,11,12). The lowest BCUT2D eigenvalue weighted by Crippen LogP contribution is -2.38. The summed E-state index contributed by atoms with van der Waals surface area (Å²) in [5.41, 5.74) is 5.46. The summed E-state index contributed by atoms with van der Waals surface area (Å²) in [6.45, 7) is 3.83. The van der Waals surface area contributed by atoms with Gasteiger partial charge in [-0.15, -0.1) is 0 Å². The van der Waals surface area contributed by atoms with E-state index in [1.54, 1.807) is 0 Å². The third-order valence-corrected chi connectivity index (χ3v) is 1.48. The number of guanidine groups is 1. The van der Waals surface area contributed by atoms with Crippen LogP contribution in [0.4, 0.5) is 4.39 Å². The Morgan fingerprint density at radius 3 is 2.83 bits per heavy atom. The molecule has 0 heterocycles. The molecule has 0 fully saturated rings. The Morgan fingerprint density at radius 1 is 1.67 bits per heavy atom. The summed E-state index contributed by atoms with van der Waals surface area (Å²) in [6.07, 6.45) is 2.15. The summed E-state index contributed by atoms with van der Waals surface area (Å²) in [5, 5.41) is 2.98. The van der Waals surface area contributed by atoms with E-state index in [0.717, 1.165) is 12.8 Å². The van der Waals surface area contributed by atoms with Gasteiger partial charge < -0.3 is 11.1 Å². The average Bonchev–Trinajstić information content (AvgIpc) is 2.01. The molecule has 3 N–H and O–H groups in total. The van der Waals surface area contributed by atoms with Crippen molar-refractivity contribution in [1.29, 1.82) is 0 Å². The summed E-state index contributed by atoms with van der Waals surface area (Å²) in [6, 6.07) is 0.318. The van der Waals surface area contributed by atoms with Crippen LogP contribution < -0.4 is 11.1 Å². The van der Waals surface area contributed by atoms with Crippen LogP contribution in [0.2, 0.25) is 0 Å². The van der Waals surface area contributed by atoms with E-state index in [4.69, 9.17) is 5.73 Å². The second-order valence-corrected chi connectivity index (χ2v) is 2.79. The zero-order chi connectivity index (χ0) is 9.40. The predicted molar refractivity (Wildman–Crippen MR) is 50.0 cm³/mol. The Labute approximate surface area is 73.2 Å². The van der Waals surface area contributed by atoms with Crippen molar-refractivity contribution in [1.82, 2.24) is 5.32 Å². The van der Waals surface area contributed by atoms with Crippen molar-refractivity contribution >= 4 is 5.96 Å². The first-order valence-electron chi connectivity index (χ1n) is 4.33. The van der Waals surface area contributed by atoms with Crippen molar-refractivity contribution < 1.29 is 4.39 Å². The van der Waals surface area contributed by atoms with Crippen LogP contribution in [-0.2, 0) is 0 Å². The van der Waals surface area contributed by atoms with E-state index in [9.17, 15) is 4.39 Å². The quantitative estimate of drug-likeness (QED) is 0.484. The van der Waals surface area contributed by atoms with Crippen LogP contribution in [0.3, 0.4) is 0 Å². The van der Waals surface area contributed by atoms with Gasteiger partial charge in [0.1, 0.15) is 6.67 Å². The van der Waals surface area contributed by atoms with Gasteiger partial charge in [0, 0.05) is 6.04 Å². The Balaban J connectivity index is 3.59. The van der Waals surface area contributed by atoms with Gasteiger partial charge in [-0.25, -0.2) is 4.39 Å². The number of halogens is 1. The number of nitrogens with zero attached hydrogens (tertiary/aromatic N) is 1. The molecule has 0 aliphatic carbocycles. The van der Waals surface area contributed by atoms with Crippen LogP contribution in [0.1, 0.15) is 26.7 Å². The third kappa shape index (κ3) is 5.95. The minimum atomic E-state index is -0.454. The summed E-state index contributed by atoms with van der Waals surface area (Å²) >= 11 is 0. The first-order chi connectivity index (χ1) is 5.70. The molecule has 1 atom stereocenters. The van der Waals surface area contributed by atoms with Crippen LogP contribution in [0, 0.1) is 0 Å². The fraction of sp³-hybridized carbons (Fsp3) is 0.875. The SMILES string of the molecule is CCCC(C)NC(N)=NCCF. The van der Waals surface area contributed by atoms with E-state index in [2.05, 4.69) is 17.2 Å². The minimum Gasteiger partial charge on any atom is -0.370 e. The molecule has 3 nitrogen and oxygen atoms in total. The molecular formula is C8H18FN3. The highest BCUT2D eigenvalue weighted by atomic mass is 19.1. The van der Waals surface area contributed by atoms with Crippen molar-refractivity contribution in [2.45, 2.75) is 32.7 Å². The van der Waals surface area contributed by atoms with Crippen LogP contribution in [0.5, 0.6) is 0 Å². The zero-order valence-electron chi connectivity index (χ0n) is 7.81. The number of hydrogen-bond acceptors (Lipinski definition) is 1.